The minimum Gasteiger partial charge on any atom is -0.224 e. The first-order chi connectivity index (χ1) is 4.31. The van der Waals surface area contributed by atoms with E-state index in [0.29, 0.717) is 4.43 Å². The number of rotatable bonds is 3. The van der Waals surface area contributed by atoms with E-state index in [1.807, 2.05) is 22.6 Å². The zero-order valence-electron chi connectivity index (χ0n) is 4.68. The van der Waals surface area contributed by atoms with Crippen LogP contribution >= 0.6 is 61.1 Å². The maximum Gasteiger partial charge on any atom is 0.339 e. The Morgan fingerprint density at radius 2 is 1.70 bits per heavy atom. The summed E-state index contributed by atoms with van der Waals surface area (Å²) in [5.74, 6) is 0. The summed E-state index contributed by atoms with van der Waals surface area (Å²) in [4.78, 5) is 0. The van der Waals surface area contributed by atoms with Gasteiger partial charge < -0.3 is 0 Å². The van der Waals surface area contributed by atoms with Crippen molar-refractivity contribution in [2.75, 3.05) is 4.43 Å². The van der Waals surface area contributed by atoms with Gasteiger partial charge in [0.15, 0.2) is 0 Å². The van der Waals surface area contributed by atoms with Crippen LogP contribution in [0, 0.1) is 0 Å². The Kier molecular flexibility index (Phi) is 4.82. The lowest BCUT2D eigenvalue weighted by molar-refractivity contribution is 0.0140. The summed E-state index contributed by atoms with van der Waals surface area (Å²) in [6, 6.07) is 0. The Morgan fingerprint density at radius 1 is 1.30 bits per heavy atom. The van der Waals surface area contributed by atoms with Gasteiger partial charge in [-0.15, -0.1) is 0 Å². The van der Waals surface area contributed by atoms with Crippen molar-refractivity contribution in [1.82, 2.24) is 0 Å². The molecule has 0 aliphatic carbocycles. The summed E-state index contributed by atoms with van der Waals surface area (Å²) >= 11 is 4.96. The number of alkyl halides is 6. The maximum absolute atomic E-state index is 12.8. The van der Waals surface area contributed by atoms with Crippen LogP contribution in [0.4, 0.5) is 13.2 Å². The molecule has 1 atom stereocenters. The number of hydrogen-bond donors (Lipinski definition) is 0. The van der Waals surface area contributed by atoms with E-state index in [2.05, 4.69) is 15.9 Å². The molecule has 0 amide bonds. The van der Waals surface area contributed by atoms with E-state index in [9.17, 15) is 13.2 Å². The van der Waals surface area contributed by atoms with Crippen LogP contribution in [0.2, 0.25) is 0 Å². The number of hydrogen-bond acceptors (Lipinski definition) is 0. The average molecular weight is 443 g/mol. The van der Waals surface area contributed by atoms with E-state index in [-0.39, 0.29) is 6.42 Å². The van der Waals surface area contributed by atoms with Crippen molar-refractivity contribution in [3.63, 3.8) is 0 Å². The van der Waals surface area contributed by atoms with Gasteiger partial charge in [0.05, 0.1) is 0 Å². The molecule has 10 heavy (non-hydrogen) atoms. The van der Waals surface area contributed by atoms with E-state index < -0.39 is 8.51 Å². The quantitative estimate of drug-likeness (QED) is 0.459. The van der Waals surface area contributed by atoms with Crippen molar-refractivity contribution in [3.05, 3.63) is 0 Å². The molecule has 0 nitrogen and oxygen atoms in total. The molecule has 0 radical (unpaired) electrons. The summed E-state index contributed by atoms with van der Waals surface area (Å²) in [6.45, 7) is 0. The molecule has 0 aliphatic rings. The Labute approximate surface area is 92.7 Å². The molecule has 0 fully saturated rings. The van der Waals surface area contributed by atoms with Crippen LogP contribution in [0.15, 0.2) is 0 Å². The third-order valence-electron chi connectivity index (χ3n) is 0.823. The standard InChI is InChI=1S/C4H4BrF3I2/c5-3(6,1-2-9)4(7,8)10/h1-2H2. The summed E-state index contributed by atoms with van der Waals surface area (Å²) in [5.41, 5.74) is 0. The first-order valence-electron chi connectivity index (χ1n) is 2.32. The van der Waals surface area contributed by atoms with Crippen molar-refractivity contribution >= 4 is 61.1 Å². The fourth-order valence-corrected chi connectivity index (χ4v) is 2.21. The van der Waals surface area contributed by atoms with Crippen molar-refractivity contribution in [2.45, 2.75) is 14.9 Å². The molecule has 1 unspecified atom stereocenters. The van der Waals surface area contributed by atoms with E-state index in [1.165, 1.54) is 0 Å². The van der Waals surface area contributed by atoms with Gasteiger partial charge in [-0.05, 0) is 15.9 Å². The molecule has 0 N–H and O–H groups in total. The van der Waals surface area contributed by atoms with Crippen molar-refractivity contribution in [3.8, 4) is 0 Å². The van der Waals surface area contributed by atoms with Crippen molar-refractivity contribution < 1.29 is 13.2 Å². The highest BCUT2D eigenvalue weighted by molar-refractivity contribution is 14.1. The molecule has 62 valence electrons. The van der Waals surface area contributed by atoms with E-state index in [1.54, 1.807) is 0 Å². The summed E-state index contributed by atoms with van der Waals surface area (Å²) < 4.78 is 31.7. The van der Waals surface area contributed by atoms with E-state index >= 15 is 0 Å². The number of halogens is 6. The molecular formula is C4H4BrF3I2. The minimum atomic E-state index is -3.34. The van der Waals surface area contributed by atoms with Gasteiger partial charge in [-0.2, -0.15) is 8.78 Å². The highest BCUT2D eigenvalue weighted by atomic mass is 127. The van der Waals surface area contributed by atoms with Crippen LogP contribution in [0.3, 0.4) is 0 Å². The lowest BCUT2D eigenvalue weighted by atomic mass is 10.3. The van der Waals surface area contributed by atoms with E-state index in [4.69, 9.17) is 0 Å². The molecule has 0 aliphatic heterocycles. The normalized spacial score (nSPS) is 18.6. The molecule has 0 spiro atoms. The molecule has 0 rings (SSSR count). The summed E-state index contributed by atoms with van der Waals surface area (Å²) in [6.07, 6.45) is -0.191. The van der Waals surface area contributed by atoms with Gasteiger partial charge in [0.2, 0.25) is 4.58 Å². The van der Waals surface area contributed by atoms with Gasteiger partial charge in [-0.3, -0.25) is 0 Å². The average Bonchev–Trinajstić information content (AvgIpc) is 1.61. The van der Waals surface area contributed by atoms with Crippen LogP contribution in [0.1, 0.15) is 6.42 Å². The topological polar surface area (TPSA) is 0 Å². The zero-order chi connectivity index (χ0) is 8.41. The smallest absolute Gasteiger partial charge is 0.224 e. The predicted octanol–water partition coefficient (Wildman–Crippen LogP) is 3.90. The summed E-state index contributed by atoms with van der Waals surface area (Å²) in [7, 11) is 0. The Hall–Kier alpha value is 1.73. The molecule has 0 aromatic rings. The Morgan fingerprint density at radius 3 is 1.80 bits per heavy atom. The van der Waals surface area contributed by atoms with Gasteiger partial charge in [0.25, 0.3) is 0 Å². The Balaban J connectivity index is 4.10. The monoisotopic (exact) mass is 442 g/mol. The molecule has 0 saturated carbocycles. The molecule has 0 aromatic carbocycles. The zero-order valence-corrected chi connectivity index (χ0v) is 10.6. The lowest BCUT2D eigenvalue weighted by Gasteiger charge is -2.22. The fourth-order valence-electron chi connectivity index (χ4n) is 0.260. The molecular weight excluding hydrogens is 439 g/mol. The first-order valence-corrected chi connectivity index (χ1v) is 5.71. The minimum absolute atomic E-state index is 0.191. The SMILES string of the molecule is FC(F)(I)C(F)(Br)CCI. The Bertz CT molecular complexity index is 112. The largest absolute Gasteiger partial charge is 0.339 e. The van der Waals surface area contributed by atoms with Crippen LogP contribution < -0.4 is 0 Å². The molecule has 6 heteroatoms. The summed E-state index contributed by atoms with van der Waals surface area (Å²) in [5, 5.41) is 0. The van der Waals surface area contributed by atoms with Gasteiger partial charge in [-0.25, -0.2) is 4.39 Å². The van der Waals surface area contributed by atoms with Crippen molar-refractivity contribution in [2.24, 2.45) is 0 Å². The highest BCUT2D eigenvalue weighted by Crippen LogP contribution is 2.45. The van der Waals surface area contributed by atoms with E-state index in [0.717, 1.165) is 22.6 Å². The molecule has 0 heterocycles. The van der Waals surface area contributed by atoms with Crippen LogP contribution in [-0.2, 0) is 0 Å². The fraction of sp³-hybridized carbons (Fsp3) is 1.00. The lowest BCUT2D eigenvalue weighted by Crippen LogP contribution is -2.33. The molecule has 0 bridgehead atoms. The third kappa shape index (κ3) is 3.42. The van der Waals surface area contributed by atoms with Gasteiger partial charge in [0.1, 0.15) is 0 Å². The molecule has 0 aromatic heterocycles. The van der Waals surface area contributed by atoms with Crippen LogP contribution in [0.25, 0.3) is 0 Å². The second-order valence-electron chi connectivity index (χ2n) is 1.64. The van der Waals surface area contributed by atoms with Crippen LogP contribution in [-0.4, -0.2) is 12.9 Å². The van der Waals surface area contributed by atoms with Gasteiger partial charge in [-0.1, -0.05) is 22.6 Å². The van der Waals surface area contributed by atoms with Crippen molar-refractivity contribution in [1.29, 1.82) is 0 Å². The van der Waals surface area contributed by atoms with Gasteiger partial charge >= 0.3 is 3.93 Å². The van der Waals surface area contributed by atoms with Crippen LogP contribution in [0.5, 0.6) is 0 Å². The third-order valence-corrected chi connectivity index (χ3v) is 3.85. The molecule has 0 saturated heterocycles. The second-order valence-corrected chi connectivity index (χ2v) is 5.33. The first kappa shape index (κ1) is 11.7. The van der Waals surface area contributed by atoms with Gasteiger partial charge in [0, 0.05) is 33.4 Å². The second kappa shape index (κ2) is 4.11. The maximum atomic E-state index is 12.8. The highest BCUT2D eigenvalue weighted by Gasteiger charge is 2.50. The predicted molar refractivity (Wildman–Crippen MR) is 55.2 cm³/mol.